The van der Waals surface area contributed by atoms with Crippen molar-refractivity contribution in [3.63, 3.8) is 0 Å². The average Bonchev–Trinajstić information content (AvgIpc) is 2.86. The first-order valence-corrected chi connectivity index (χ1v) is 11.3. The number of amides is 1. The van der Waals surface area contributed by atoms with Crippen molar-refractivity contribution in [1.82, 2.24) is 20.3 Å². The zero-order valence-electron chi connectivity index (χ0n) is 19.9. The molecule has 1 amide bonds. The number of halogens is 3. The molecule has 0 spiro atoms. The number of aromatic nitrogens is 3. The Hall–Kier alpha value is -4.15. The van der Waals surface area contributed by atoms with Gasteiger partial charge in [-0.2, -0.15) is 28.1 Å². The van der Waals surface area contributed by atoms with E-state index < -0.39 is 18.8 Å². The number of hydrogen-bond acceptors (Lipinski definition) is 7. The van der Waals surface area contributed by atoms with Gasteiger partial charge >= 0.3 is 12.2 Å². The number of alkyl halides is 3. The van der Waals surface area contributed by atoms with Crippen LogP contribution in [0.3, 0.4) is 0 Å². The summed E-state index contributed by atoms with van der Waals surface area (Å²) in [5, 5.41) is 8.68. The summed E-state index contributed by atoms with van der Waals surface area (Å²) in [6, 6.07) is 13.8. The molecule has 36 heavy (non-hydrogen) atoms. The third-order valence-corrected chi connectivity index (χ3v) is 4.71. The average molecular weight is 501 g/mol. The SMILES string of the molecule is CC=Cc1ccc(CNc2nc(Nc3ccc(C(=O)NCCC)cc3)nc(OCC(F)(F)F)n2)cc1. The van der Waals surface area contributed by atoms with E-state index in [1.54, 1.807) is 24.3 Å². The van der Waals surface area contributed by atoms with Crippen molar-refractivity contribution >= 4 is 29.6 Å². The van der Waals surface area contributed by atoms with Crippen LogP contribution in [-0.4, -0.2) is 40.2 Å². The van der Waals surface area contributed by atoms with Gasteiger partial charge in [0.1, 0.15) is 0 Å². The Balaban J connectivity index is 1.75. The monoisotopic (exact) mass is 500 g/mol. The van der Waals surface area contributed by atoms with Gasteiger partial charge in [0.15, 0.2) is 6.61 Å². The lowest BCUT2D eigenvalue weighted by Crippen LogP contribution is -2.23. The summed E-state index contributed by atoms with van der Waals surface area (Å²) in [5.41, 5.74) is 2.97. The fourth-order valence-corrected chi connectivity index (χ4v) is 3.00. The van der Waals surface area contributed by atoms with Gasteiger partial charge < -0.3 is 20.7 Å². The number of anilines is 3. The second-order valence-electron chi connectivity index (χ2n) is 7.72. The molecule has 3 aromatic rings. The lowest BCUT2D eigenvalue weighted by atomic mass is 10.1. The Labute approximate surface area is 207 Å². The topological polar surface area (TPSA) is 101 Å². The zero-order chi connectivity index (χ0) is 26.0. The zero-order valence-corrected chi connectivity index (χ0v) is 19.9. The van der Waals surface area contributed by atoms with Crippen LogP contribution in [0.5, 0.6) is 6.01 Å². The van der Waals surface area contributed by atoms with Crippen LogP contribution in [0.15, 0.2) is 54.6 Å². The maximum Gasteiger partial charge on any atom is 0.422 e. The summed E-state index contributed by atoms with van der Waals surface area (Å²) in [5.74, 6) is -0.175. The van der Waals surface area contributed by atoms with Crippen LogP contribution in [0.1, 0.15) is 41.8 Å². The van der Waals surface area contributed by atoms with Crippen molar-refractivity contribution in [1.29, 1.82) is 0 Å². The molecule has 0 unspecified atom stereocenters. The van der Waals surface area contributed by atoms with Gasteiger partial charge in [-0.05, 0) is 48.7 Å². The van der Waals surface area contributed by atoms with E-state index >= 15 is 0 Å². The van der Waals surface area contributed by atoms with Crippen LogP contribution in [0.4, 0.5) is 30.8 Å². The second kappa shape index (κ2) is 12.5. The largest absolute Gasteiger partial charge is 0.454 e. The summed E-state index contributed by atoms with van der Waals surface area (Å²) < 4.78 is 42.7. The lowest BCUT2D eigenvalue weighted by molar-refractivity contribution is -0.154. The minimum absolute atomic E-state index is 0.0173. The molecule has 0 fully saturated rings. The Morgan fingerprint density at radius 3 is 2.33 bits per heavy atom. The van der Waals surface area contributed by atoms with Gasteiger partial charge in [0.25, 0.3) is 5.91 Å². The number of rotatable bonds is 11. The number of ether oxygens (including phenoxy) is 1. The van der Waals surface area contributed by atoms with Gasteiger partial charge in [-0.15, -0.1) is 0 Å². The van der Waals surface area contributed by atoms with Gasteiger partial charge in [-0.1, -0.05) is 43.3 Å². The molecule has 0 aliphatic carbocycles. The first-order valence-electron chi connectivity index (χ1n) is 11.3. The standard InChI is InChI=1S/C25H27F3N6O2/c1-3-5-17-6-8-18(9-7-17)15-30-22-32-23(34-24(33-22)36-16-25(26,27)28)31-20-12-10-19(11-13-20)21(35)29-14-4-2/h3,5-13H,4,14-16H2,1-2H3,(H,29,35)(H2,30,31,32,33,34). The Kier molecular flexibility index (Phi) is 9.20. The summed E-state index contributed by atoms with van der Waals surface area (Å²) >= 11 is 0. The van der Waals surface area contributed by atoms with Crippen LogP contribution < -0.4 is 20.7 Å². The predicted octanol–water partition coefficient (Wildman–Crippen LogP) is 5.34. The van der Waals surface area contributed by atoms with Crippen molar-refractivity contribution in [2.45, 2.75) is 33.0 Å². The molecular weight excluding hydrogens is 473 g/mol. The predicted molar refractivity (Wildman–Crippen MR) is 132 cm³/mol. The van der Waals surface area contributed by atoms with E-state index in [1.807, 2.05) is 50.3 Å². The van der Waals surface area contributed by atoms with Crippen LogP contribution >= 0.6 is 0 Å². The number of carbonyl (C=O) groups excluding carboxylic acids is 1. The normalized spacial score (nSPS) is 11.4. The summed E-state index contributed by atoms with van der Waals surface area (Å²) in [4.78, 5) is 24.2. The highest BCUT2D eigenvalue weighted by Crippen LogP contribution is 2.20. The number of allylic oxidation sites excluding steroid dienone is 1. The van der Waals surface area contributed by atoms with Crippen molar-refractivity contribution in [2.24, 2.45) is 0 Å². The fourth-order valence-electron chi connectivity index (χ4n) is 3.00. The molecule has 0 saturated carbocycles. The molecule has 0 radical (unpaired) electrons. The van der Waals surface area contributed by atoms with E-state index in [0.29, 0.717) is 24.3 Å². The molecule has 190 valence electrons. The molecule has 8 nitrogen and oxygen atoms in total. The maximum absolute atomic E-state index is 12.7. The van der Waals surface area contributed by atoms with Crippen molar-refractivity contribution in [3.8, 4) is 6.01 Å². The minimum atomic E-state index is -4.54. The van der Waals surface area contributed by atoms with Crippen LogP contribution in [0, 0.1) is 0 Å². The quantitative estimate of drug-likeness (QED) is 0.327. The number of hydrogen-bond donors (Lipinski definition) is 3. The van der Waals surface area contributed by atoms with Crippen LogP contribution in [0.2, 0.25) is 0 Å². The summed E-state index contributed by atoms with van der Waals surface area (Å²) in [6.07, 6.45) is 0.178. The fraction of sp³-hybridized carbons (Fsp3) is 0.280. The minimum Gasteiger partial charge on any atom is -0.454 e. The highest BCUT2D eigenvalue weighted by molar-refractivity contribution is 5.94. The molecule has 0 aliphatic heterocycles. The third-order valence-electron chi connectivity index (χ3n) is 4.71. The first-order chi connectivity index (χ1) is 17.3. The number of benzene rings is 2. The van der Waals surface area contributed by atoms with Crippen molar-refractivity contribution in [3.05, 3.63) is 71.3 Å². The highest BCUT2D eigenvalue weighted by atomic mass is 19.4. The van der Waals surface area contributed by atoms with Gasteiger partial charge in [-0.3, -0.25) is 4.79 Å². The van der Waals surface area contributed by atoms with Gasteiger partial charge in [0.2, 0.25) is 11.9 Å². The first kappa shape index (κ1) is 26.5. The number of nitrogens with one attached hydrogen (secondary N) is 3. The van der Waals surface area contributed by atoms with Crippen LogP contribution in [-0.2, 0) is 6.54 Å². The van der Waals surface area contributed by atoms with E-state index in [2.05, 4.69) is 30.9 Å². The molecule has 0 aliphatic rings. The number of carbonyl (C=O) groups is 1. The molecule has 11 heteroatoms. The van der Waals surface area contributed by atoms with E-state index in [4.69, 9.17) is 4.74 Å². The van der Waals surface area contributed by atoms with E-state index in [-0.39, 0.29) is 17.8 Å². The van der Waals surface area contributed by atoms with Crippen molar-refractivity contribution in [2.75, 3.05) is 23.8 Å². The lowest BCUT2D eigenvalue weighted by Gasteiger charge is -2.12. The van der Waals surface area contributed by atoms with Gasteiger partial charge in [0.05, 0.1) is 0 Å². The molecule has 1 aromatic heterocycles. The molecule has 3 rings (SSSR count). The van der Waals surface area contributed by atoms with E-state index in [0.717, 1.165) is 17.5 Å². The Bertz CT molecular complexity index is 1170. The molecule has 0 atom stereocenters. The second-order valence-corrected chi connectivity index (χ2v) is 7.72. The van der Waals surface area contributed by atoms with Crippen molar-refractivity contribution < 1.29 is 22.7 Å². The Morgan fingerprint density at radius 1 is 1.00 bits per heavy atom. The summed E-state index contributed by atoms with van der Waals surface area (Å²) in [7, 11) is 0. The molecule has 3 N–H and O–H groups in total. The maximum atomic E-state index is 12.7. The number of nitrogens with zero attached hydrogens (tertiary/aromatic N) is 3. The van der Waals surface area contributed by atoms with E-state index in [9.17, 15) is 18.0 Å². The molecule has 2 aromatic carbocycles. The molecule has 0 saturated heterocycles. The molecular formula is C25H27F3N6O2. The van der Waals surface area contributed by atoms with Crippen LogP contribution in [0.25, 0.3) is 6.08 Å². The smallest absolute Gasteiger partial charge is 0.422 e. The molecule has 0 bridgehead atoms. The highest BCUT2D eigenvalue weighted by Gasteiger charge is 2.29. The summed E-state index contributed by atoms with van der Waals surface area (Å²) in [6.45, 7) is 3.25. The Morgan fingerprint density at radius 2 is 1.69 bits per heavy atom. The van der Waals surface area contributed by atoms with Gasteiger partial charge in [0, 0.05) is 24.3 Å². The van der Waals surface area contributed by atoms with Gasteiger partial charge in [-0.25, -0.2) is 0 Å². The van der Waals surface area contributed by atoms with E-state index in [1.165, 1.54) is 0 Å². The third kappa shape index (κ3) is 8.57. The molecule has 1 heterocycles.